The van der Waals surface area contributed by atoms with Crippen molar-refractivity contribution in [3.8, 4) is 0 Å². The second-order valence-corrected chi connectivity index (χ2v) is 4.94. The van der Waals surface area contributed by atoms with E-state index in [4.69, 9.17) is 0 Å². The first-order valence-electron chi connectivity index (χ1n) is 5.42. The Hall–Kier alpha value is -0.503. The van der Waals surface area contributed by atoms with Crippen LogP contribution >= 0.6 is 11.3 Å². The molecule has 0 bridgehead atoms. The van der Waals surface area contributed by atoms with E-state index >= 15 is 0 Å². The van der Waals surface area contributed by atoms with Gasteiger partial charge in [-0.25, -0.2) is 4.98 Å². The molecule has 1 aromatic rings. The maximum Gasteiger partial charge on any atom is 1.00 e. The van der Waals surface area contributed by atoms with E-state index in [-0.39, 0.29) is 25.3 Å². The van der Waals surface area contributed by atoms with Gasteiger partial charge in [-0.1, -0.05) is 13.8 Å². The van der Waals surface area contributed by atoms with Crippen LogP contribution in [-0.2, 0) is 11.2 Å². The van der Waals surface area contributed by atoms with Gasteiger partial charge in [-0.3, -0.25) is 0 Å². The third-order valence-corrected chi connectivity index (χ3v) is 3.05. The number of carboxylic acid groups (broad SMARTS) is 1. The van der Waals surface area contributed by atoms with E-state index in [1.54, 1.807) is 5.38 Å². The minimum atomic E-state index is -1.08. The van der Waals surface area contributed by atoms with Crippen molar-refractivity contribution in [2.24, 2.45) is 5.92 Å². The molecule has 1 heterocycles. The molecule has 0 saturated carbocycles. The van der Waals surface area contributed by atoms with E-state index in [0.29, 0.717) is 11.6 Å². The van der Waals surface area contributed by atoms with E-state index in [9.17, 15) is 9.90 Å². The van der Waals surface area contributed by atoms with Crippen LogP contribution in [0.2, 0.25) is 0 Å². The van der Waals surface area contributed by atoms with Gasteiger partial charge < -0.3 is 14.8 Å². The van der Waals surface area contributed by atoms with Gasteiger partial charge >= 0.3 is 18.9 Å². The molecule has 0 N–H and O–H groups in total. The van der Waals surface area contributed by atoms with Gasteiger partial charge in [0.05, 0.1) is 5.69 Å². The molecule has 0 aliphatic carbocycles. The monoisotopic (exact) mass is 248 g/mol. The molecule has 0 amide bonds. The summed E-state index contributed by atoms with van der Waals surface area (Å²) in [5.74, 6) is -0.516. The fourth-order valence-electron chi connectivity index (χ4n) is 1.45. The maximum absolute atomic E-state index is 10.4. The second kappa shape index (κ2) is 7.75. The van der Waals surface area contributed by atoms with Gasteiger partial charge in [0.25, 0.3) is 0 Å². The summed E-state index contributed by atoms with van der Waals surface area (Å²) >= 11 is 1.49. The normalized spacial score (nSPS) is 10.1. The molecule has 1 aromatic heterocycles. The van der Waals surface area contributed by atoms with Crippen molar-refractivity contribution in [1.29, 1.82) is 0 Å². The Morgan fingerprint density at radius 3 is 2.71 bits per heavy atom. The van der Waals surface area contributed by atoms with Crippen LogP contribution in [0.4, 0.5) is 5.13 Å². The molecular weight excluding hydrogens is 231 g/mol. The Morgan fingerprint density at radius 2 is 2.24 bits per heavy atom. The van der Waals surface area contributed by atoms with Crippen molar-refractivity contribution in [2.45, 2.75) is 27.2 Å². The van der Waals surface area contributed by atoms with Crippen molar-refractivity contribution in [2.75, 3.05) is 18.0 Å². The number of thiazole rings is 1. The Kier molecular flexibility index (Phi) is 7.52. The van der Waals surface area contributed by atoms with Crippen LogP contribution in [0.3, 0.4) is 0 Å². The molecule has 0 spiro atoms. The summed E-state index contributed by atoms with van der Waals surface area (Å²) in [7, 11) is 0. The minimum absolute atomic E-state index is 0. The number of nitrogens with zero attached hydrogens (tertiary/aromatic N) is 2. The Balaban J connectivity index is 0.00000256. The fourth-order valence-corrected chi connectivity index (χ4v) is 2.35. The number of anilines is 1. The van der Waals surface area contributed by atoms with Gasteiger partial charge in [0.2, 0.25) is 0 Å². The van der Waals surface area contributed by atoms with Gasteiger partial charge in [-0.2, -0.15) is 0 Å². The molecule has 0 aliphatic heterocycles. The molecule has 0 aliphatic rings. The maximum atomic E-state index is 10.4. The molecule has 0 radical (unpaired) electrons. The molecule has 0 atom stereocenters. The summed E-state index contributed by atoms with van der Waals surface area (Å²) in [6, 6.07) is 0. The molecule has 90 valence electrons. The molecule has 4 nitrogen and oxygen atoms in total. The van der Waals surface area contributed by atoms with Gasteiger partial charge in [0.1, 0.15) is 0 Å². The Morgan fingerprint density at radius 1 is 1.59 bits per heavy atom. The first-order chi connectivity index (χ1) is 7.52. The molecule has 0 aromatic carbocycles. The average molecular weight is 248 g/mol. The van der Waals surface area contributed by atoms with Gasteiger partial charge in [-0.15, -0.1) is 11.3 Å². The number of carbonyl (C=O) groups excluding carboxylic acids is 1. The van der Waals surface area contributed by atoms with Crippen LogP contribution < -0.4 is 28.9 Å². The van der Waals surface area contributed by atoms with Crippen LogP contribution in [0, 0.1) is 5.92 Å². The third-order valence-electron chi connectivity index (χ3n) is 2.10. The van der Waals surface area contributed by atoms with E-state index in [2.05, 4.69) is 30.7 Å². The molecular formula is C11H17LiN2O2S. The van der Waals surface area contributed by atoms with Crippen molar-refractivity contribution < 1.29 is 28.8 Å². The largest absolute Gasteiger partial charge is 1.00 e. The summed E-state index contributed by atoms with van der Waals surface area (Å²) < 4.78 is 0. The molecule has 17 heavy (non-hydrogen) atoms. The summed E-state index contributed by atoms with van der Waals surface area (Å²) in [5.41, 5.74) is 0.585. The number of carboxylic acids is 1. The van der Waals surface area contributed by atoms with Crippen LogP contribution in [0.5, 0.6) is 0 Å². The van der Waals surface area contributed by atoms with E-state index in [1.165, 1.54) is 11.3 Å². The first-order valence-corrected chi connectivity index (χ1v) is 6.30. The standard InChI is InChI=1S/C11H18N2O2S.Li/c1-4-13(6-8(2)3)11-12-9(7-16-11)5-10(14)15;/h7-8H,4-6H2,1-3H3,(H,14,15);/q;+1/p-1. The smallest absolute Gasteiger partial charge is 0.550 e. The summed E-state index contributed by atoms with van der Waals surface area (Å²) in [5, 5.41) is 13.1. The molecule has 1 rings (SSSR count). The van der Waals surface area contributed by atoms with Crippen LogP contribution in [0.1, 0.15) is 26.5 Å². The summed E-state index contributed by atoms with van der Waals surface area (Å²) in [4.78, 5) is 16.9. The number of carbonyl (C=O) groups is 1. The fraction of sp³-hybridized carbons (Fsp3) is 0.636. The predicted molar refractivity (Wildman–Crippen MR) is 63.6 cm³/mol. The van der Waals surface area contributed by atoms with Crippen molar-refractivity contribution in [3.05, 3.63) is 11.1 Å². The average Bonchev–Trinajstić information content (AvgIpc) is 2.61. The summed E-state index contributed by atoms with van der Waals surface area (Å²) in [6.45, 7) is 8.20. The van der Waals surface area contributed by atoms with E-state index in [1.807, 2.05) is 0 Å². The Labute approximate surface area is 118 Å². The van der Waals surface area contributed by atoms with Crippen LogP contribution in [-0.4, -0.2) is 24.0 Å². The SMILES string of the molecule is CCN(CC(C)C)c1nc(CC(=O)[O-])cs1.[Li+]. The first kappa shape index (κ1) is 16.5. The van der Waals surface area contributed by atoms with Crippen molar-refractivity contribution in [1.82, 2.24) is 4.98 Å². The van der Waals surface area contributed by atoms with Crippen LogP contribution in [0.25, 0.3) is 0 Å². The topological polar surface area (TPSA) is 56.3 Å². The van der Waals surface area contributed by atoms with Gasteiger partial charge in [0, 0.05) is 30.9 Å². The second-order valence-electron chi connectivity index (χ2n) is 4.10. The zero-order chi connectivity index (χ0) is 12.1. The number of hydrogen-bond donors (Lipinski definition) is 0. The van der Waals surface area contributed by atoms with Crippen molar-refractivity contribution in [3.63, 3.8) is 0 Å². The van der Waals surface area contributed by atoms with Gasteiger partial charge in [0.15, 0.2) is 5.13 Å². The molecule has 0 saturated heterocycles. The zero-order valence-electron chi connectivity index (χ0n) is 10.9. The Bertz CT molecular complexity index is 355. The molecule has 0 fully saturated rings. The predicted octanol–water partition coefficient (Wildman–Crippen LogP) is -2.08. The van der Waals surface area contributed by atoms with Crippen molar-refractivity contribution >= 4 is 22.4 Å². The number of aliphatic carboxylic acids is 1. The number of aromatic nitrogens is 1. The van der Waals surface area contributed by atoms with Crippen LogP contribution in [0.15, 0.2) is 5.38 Å². The van der Waals surface area contributed by atoms with E-state index in [0.717, 1.165) is 18.2 Å². The third kappa shape index (κ3) is 5.58. The molecule has 0 unspecified atom stereocenters. The minimum Gasteiger partial charge on any atom is -0.550 e. The zero-order valence-corrected chi connectivity index (χ0v) is 11.7. The quantitative estimate of drug-likeness (QED) is 0.542. The van der Waals surface area contributed by atoms with Gasteiger partial charge in [-0.05, 0) is 12.8 Å². The number of hydrogen-bond acceptors (Lipinski definition) is 5. The van der Waals surface area contributed by atoms with E-state index < -0.39 is 5.97 Å². The summed E-state index contributed by atoms with van der Waals surface area (Å²) in [6.07, 6.45) is -0.101. The molecule has 6 heteroatoms. The number of rotatable bonds is 6.